The summed E-state index contributed by atoms with van der Waals surface area (Å²) in [5.41, 5.74) is 0.221. The molecular weight excluding hydrogens is 279 g/mol. The molecule has 1 amide bonds. The van der Waals surface area contributed by atoms with E-state index in [9.17, 15) is 9.59 Å². The van der Waals surface area contributed by atoms with E-state index in [1.807, 2.05) is 6.92 Å². The molecule has 0 aliphatic carbocycles. The van der Waals surface area contributed by atoms with E-state index in [1.54, 1.807) is 0 Å². The van der Waals surface area contributed by atoms with Crippen LogP contribution in [0.25, 0.3) is 0 Å². The number of halogens is 2. The Labute approximate surface area is 114 Å². The van der Waals surface area contributed by atoms with Crippen LogP contribution in [-0.4, -0.2) is 40.0 Å². The van der Waals surface area contributed by atoms with E-state index in [4.69, 9.17) is 28.3 Å². The van der Waals surface area contributed by atoms with Gasteiger partial charge in [-0.05, 0) is 12.5 Å². The summed E-state index contributed by atoms with van der Waals surface area (Å²) in [6.45, 7) is 1.85. The molecule has 18 heavy (non-hydrogen) atoms. The predicted octanol–water partition coefficient (Wildman–Crippen LogP) is 2.33. The van der Waals surface area contributed by atoms with Crippen molar-refractivity contribution in [1.29, 1.82) is 0 Å². The zero-order valence-corrected chi connectivity index (χ0v) is 11.2. The first-order chi connectivity index (χ1) is 8.45. The maximum absolute atomic E-state index is 12.1. The van der Waals surface area contributed by atoms with Crippen LogP contribution >= 0.6 is 23.2 Å². The third kappa shape index (κ3) is 3.85. The lowest BCUT2D eigenvalue weighted by Crippen LogP contribution is -2.36. The van der Waals surface area contributed by atoms with Crippen LogP contribution in [0.15, 0.2) is 12.3 Å². The lowest BCUT2D eigenvalue weighted by atomic mass is 10.2. The van der Waals surface area contributed by atoms with Gasteiger partial charge in [0.2, 0.25) is 0 Å². The number of hydrogen-bond acceptors (Lipinski definition) is 3. The molecule has 0 saturated heterocycles. The Morgan fingerprint density at radius 1 is 1.44 bits per heavy atom. The fourth-order valence-electron chi connectivity index (χ4n) is 1.41. The van der Waals surface area contributed by atoms with Crippen molar-refractivity contribution in [3.05, 3.63) is 28.0 Å². The second-order valence-corrected chi connectivity index (χ2v) is 4.38. The van der Waals surface area contributed by atoms with Crippen molar-refractivity contribution in [3.63, 3.8) is 0 Å². The zero-order chi connectivity index (χ0) is 13.7. The molecule has 0 unspecified atom stereocenters. The fourth-order valence-corrected chi connectivity index (χ4v) is 1.68. The first kappa shape index (κ1) is 14.7. The SMILES string of the molecule is CCCN(CC(=O)O)C(=O)c1cnc(Cl)c(Cl)c1. The molecule has 0 atom stereocenters. The molecule has 1 heterocycles. The Morgan fingerprint density at radius 2 is 2.11 bits per heavy atom. The van der Waals surface area contributed by atoms with Crippen molar-refractivity contribution >= 4 is 35.1 Å². The minimum Gasteiger partial charge on any atom is -0.480 e. The number of carbonyl (C=O) groups excluding carboxylic acids is 1. The van der Waals surface area contributed by atoms with Crippen molar-refractivity contribution in [2.24, 2.45) is 0 Å². The van der Waals surface area contributed by atoms with E-state index in [2.05, 4.69) is 4.98 Å². The molecule has 0 aromatic carbocycles. The van der Waals surface area contributed by atoms with Crippen LogP contribution in [0.2, 0.25) is 10.2 Å². The molecule has 1 aromatic rings. The molecule has 0 fully saturated rings. The van der Waals surface area contributed by atoms with Gasteiger partial charge in [0.1, 0.15) is 11.7 Å². The maximum atomic E-state index is 12.1. The third-order valence-corrected chi connectivity index (χ3v) is 2.84. The quantitative estimate of drug-likeness (QED) is 0.845. The van der Waals surface area contributed by atoms with Crippen LogP contribution in [-0.2, 0) is 4.79 Å². The molecule has 1 aromatic heterocycles. The van der Waals surface area contributed by atoms with E-state index in [0.717, 1.165) is 0 Å². The molecule has 0 aliphatic heterocycles. The summed E-state index contributed by atoms with van der Waals surface area (Å²) in [5, 5.41) is 9.01. The van der Waals surface area contributed by atoms with Crippen LogP contribution in [0.3, 0.4) is 0 Å². The van der Waals surface area contributed by atoms with E-state index in [1.165, 1.54) is 17.2 Å². The predicted molar refractivity (Wildman–Crippen MR) is 68.1 cm³/mol. The highest BCUT2D eigenvalue weighted by Crippen LogP contribution is 2.20. The first-order valence-electron chi connectivity index (χ1n) is 5.27. The average molecular weight is 291 g/mol. The molecule has 5 nitrogen and oxygen atoms in total. The third-order valence-electron chi connectivity index (χ3n) is 2.15. The summed E-state index contributed by atoms with van der Waals surface area (Å²) in [6.07, 6.45) is 1.94. The van der Waals surface area contributed by atoms with Gasteiger partial charge in [0.25, 0.3) is 5.91 Å². The Morgan fingerprint density at radius 3 is 2.61 bits per heavy atom. The normalized spacial score (nSPS) is 10.2. The minimum absolute atomic E-state index is 0.105. The number of rotatable bonds is 5. The van der Waals surface area contributed by atoms with Crippen molar-refractivity contribution in [3.8, 4) is 0 Å². The number of pyridine rings is 1. The van der Waals surface area contributed by atoms with Gasteiger partial charge < -0.3 is 10.0 Å². The number of hydrogen-bond donors (Lipinski definition) is 1. The van der Waals surface area contributed by atoms with Gasteiger partial charge in [0.15, 0.2) is 0 Å². The summed E-state index contributed by atoms with van der Waals surface area (Å²) in [5.74, 6) is -1.49. The Hall–Kier alpha value is -1.33. The topological polar surface area (TPSA) is 70.5 Å². The largest absolute Gasteiger partial charge is 0.480 e. The van der Waals surface area contributed by atoms with Crippen molar-refractivity contribution in [1.82, 2.24) is 9.88 Å². The first-order valence-corrected chi connectivity index (χ1v) is 6.03. The van der Waals surface area contributed by atoms with Crippen molar-refractivity contribution in [2.75, 3.05) is 13.1 Å². The van der Waals surface area contributed by atoms with Crippen LogP contribution in [0.1, 0.15) is 23.7 Å². The number of carboxylic acid groups (broad SMARTS) is 1. The minimum atomic E-state index is -1.06. The molecule has 7 heteroatoms. The number of carbonyl (C=O) groups is 2. The number of aromatic nitrogens is 1. The van der Waals surface area contributed by atoms with E-state index < -0.39 is 11.9 Å². The summed E-state index contributed by atoms with van der Waals surface area (Å²) in [4.78, 5) is 27.7. The number of carboxylic acids is 1. The van der Waals surface area contributed by atoms with Gasteiger partial charge in [-0.25, -0.2) is 4.98 Å². The highest BCUT2D eigenvalue weighted by Gasteiger charge is 2.18. The van der Waals surface area contributed by atoms with Gasteiger partial charge in [-0.2, -0.15) is 0 Å². The van der Waals surface area contributed by atoms with E-state index in [-0.39, 0.29) is 22.3 Å². The second-order valence-electron chi connectivity index (χ2n) is 3.62. The lowest BCUT2D eigenvalue weighted by molar-refractivity contribution is -0.137. The second kappa shape index (κ2) is 6.56. The summed E-state index contributed by atoms with van der Waals surface area (Å²) in [6, 6.07) is 1.38. The van der Waals surface area contributed by atoms with Gasteiger partial charge in [-0.3, -0.25) is 9.59 Å². The number of amides is 1. The van der Waals surface area contributed by atoms with Gasteiger partial charge >= 0.3 is 5.97 Å². The Balaban J connectivity index is 2.93. The lowest BCUT2D eigenvalue weighted by Gasteiger charge is -2.19. The molecule has 0 bridgehead atoms. The molecule has 1 N–H and O–H groups in total. The summed E-state index contributed by atoms with van der Waals surface area (Å²) >= 11 is 11.4. The smallest absolute Gasteiger partial charge is 0.323 e. The highest BCUT2D eigenvalue weighted by atomic mass is 35.5. The molecule has 98 valence electrons. The van der Waals surface area contributed by atoms with Gasteiger partial charge in [-0.15, -0.1) is 0 Å². The van der Waals surface area contributed by atoms with Gasteiger partial charge in [0, 0.05) is 12.7 Å². The Bertz CT molecular complexity index is 466. The molecule has 0 spiro atoms. The molecular formula is C11H12Cl2N2O3. The number of aliphatic carboxylic acids is 1. The van der Waals surface area contributed by atoms with Gasteiger partial charge in [0.05, 0.1) is 10.6 Å². The Kier molecular flexibility index (Phi) is 5.37. The maximum Gasteiger partial charge on any atom is 0.323 e. The van der Waals surface area contributed by atoms with Crippen LogP contribution < -0.4 is 0 Å². The van der Waals surface area contributed by atoms with Crippen molar-refractivity contribution in [2.45, 2.75) is 13.3 Å². The van der Waals surface area contributed by atoms with E-state index >= 15 is 0 Å². The molecule has 1 rings (SSSR count). The standard InChI is InChI=1S/C11H12Cl2N2O3/c1-2-3-15(6-9(16)17)11(18)7-4-8(12)10(13)14-5-7/h4-5H,2-3,6H2,1H3,(H,16,17). The molecule has 0 radical (unpaired) electrons. The van der Waals surface area contributed by atoms with E-state index in [0.29, 0.717) is 13.0 Å². The summed E-state index contributed by atoms with van der Waals surface area (Å²) in [7, 11) is 0. The van der Waals surface area contributed by atoms with Crippen LogP contribution in [0.4, 0.5) is 0 Å². The van der Waals surface area contributed by atoms with Crippen LogP contribution in [0.5, 0.6) is 0 Å². The van der Waals surface area contributed by atoms with Crippen molar-refractivity contribution < 1.29 is 14.7 Å². The van der Waals surface area contributed by atoms with Crippen LogP contribution in [0, 0.1) is 0 Å². The zero-order valence-electron chi connectivity index (χ0n) is 9.69. The average Bonchev–Trinajstić information content (AvgIpc) is 2.31. The molecule has 0 saturated carbocycles. The number of nitrogens with zero attached hydrogens (tertiary/aromatic N) is 2. The summed E-state index contributed by atoms with van der Waals surface area (Å²) < 4.78 is 0. The highest BCUT2D eigenvalue weighted by molar-refractivity contribution is 6.41. The molecule has 0 aliphatic rings. The monoisotopic (exact) mass is 290 g/mol. The van der Waals surface area contributed by atoms with Gasteiger partial charge in [-0.1, -0.05) is 30.1 Å². The fraction of sp³-hybridized carbons (Fsp3) is 0.364.